The first-order valence-electron chi connectivity index (χ1n) is 8.73. The van der Waals surface area contributed by atoms with E-state index in [2.05, 4.69) is 10.4 Å². The summed E-state index contributed by atoms with van der Waals surface area (Å²) in [5, 5.41) is 7.76. The van der Waals surface area contributed by atoms with Crippen LogP contribution in [0, 0.1) is 0 Å². The van der Waals surface area contributed by atoms with Gasteiger partial charge in [0.25, 0.3) is 0 Å². The quantitative estimate of drug-likeness (QED) is 0.652. The third-order valence-electron chi connectivity index (χ3n) is 4.37. The molecule has 0 fully saturated rings. The topological polar surface area (TPSA) is 56.1 Å². The molecule has 0 unspecified atom stereocenters. The van der Waals surface area contributed by atoms with Crippen molar-refractivity contribution in [1.29, 1.82) is 0 Å². The third-order valence-corrected chi connectivity index (χ3v) is 4.63. The summed E-state index contributed by atoms with van der Waals surface area (Å²) in [4.78, 5) is 12.8. The highest BCUT2D eigenvalue weighted by atomic mass is 35.5. The molecule has 27 heavy (non-hydrogen) atoms. The number of carbonyl (C=O) groups is 1. The van der Waals surface area contributed by atoms with Gasteiger partial charge in [-0.3, -0.25) is 9.48 Å². The average molecular weight is 384 g/mol. The Bertz CT molecular complexity index is 890. The van der Waals surface area contributed by atoms with Crippen molar-refractivity contribution in [3.8, 4) is 5.75 Å². The van der Waals surface area contributed by atoms with Gasteiger partial charge in [0.1, 0.15) is 12.4 Å². The Balaban J connectivity index is 1.62. The summed E-state index contributed by atoms with van der Waals surface area (Å²) >= 11 is 5.94. The number of carbonyl (C=O) groups excluding carboxylic acids is 1. The molecule has 0 bridgehead atoms. The molecule has 6 heteroatoms. The molecule has 0 saturated carbocycles. The smallest absolute Gasteiger partial charge is 0.234 e. The van der Waals surface area contributed by atoms with E-state index < -0.39 is 5.41 Å². The Morgan fingerprint density at radius 2 is 1.96 bits per heavy atom. The first-order valence-corrected chi connectivity index (χ1v) is 9.11. The molecule has 3 aromatic rings. The number of rotatable bonds is 7. The van der Waals surface area contributed by atoms with Crippen molar-refractivity contribution in [3.63, 3.8) is 0 Å². The first kappa shape index (κ1) is 19.0. The normalized spacial score (nSPS) is 11.2. The monoisotopic (exact) mass is 383 g/mol. The lowest BCUT2D eigenvalue weighted by Gasteiger charge is -2.24. The van der Waals surface area contributed by atoms with Gasteiger partial charge in [0.15, 0.2) is 0 Å². The van der Waals surface area contributed by atoms with E-state index in [-0.39, 0.29) is 5.91 Å². The van der Waals surface area contributed by atoms with E-state index >= 15 is 0 Å². The van der Waals surface area contributed by atoms with Crippen molar-refractivity contribution in [2.75, 3.05) is 11.9 Å². The number of nitrogens with zero attached hydrogens (tertiary/aromatic N) is 2. The number of halogens is 1. The third kappa shape index (κ3) is 4.89. The van der Waals surface area contributed by atoms with E-state index in [4.69, 9.17) is 16.3 Å². The fourth-order valence-corrected chi connectivity index (χ4v) is 2.76. The van der Waals surface area contributed by atoms with Gasteiger partial charge in [-0.2, -0.15) is 5.10 Å². The van der Waals surface area contributed by atoms with Gasteiger partial charge in [0.05, 0.1) is 12.0 Å². The van der Waals surface area contributed by atoms with Crippen LogP contribution in [0.15, 0.2) is 67.0 Å². The average Bonchev–Trinajstić information content (AvgIpc) is 3.16. The van der Waals surface area contributed by atoms with Crippen molar-refractivity contribution in [2.45, 2.75) is 25.8 Å². The van der Waals surface area contributed by atoms with Crippen LogP contribution in [-0.2, 0) is 16.8 Å². The molecule has 0 aliphatic carbocycles. The van der Waals surface area contributed by atoms with Crippen molar-refractivity contribution in [1.82, 2.24) is 9.78 Å². The lowest BCUT2D eigenvalue weighted by Crippen LogP contribution is -2.34. The summed E-state index contributed by atoms with van der Waals surface area (Å²) in [7, 11) is 0. The molecule has 1 N–H and O–H groups in total. The SMILES string of the molecule is CC(C)(C(=O)Nc1cccc(OCCn2cccn2)c1)c1ccc(Cl)cc1. The van der Waals surface area contributed by atoms with Crippen molar-refractivity contribution in [3.05, 3.63) is 77.6 Å². The number of hydrogen-bond acceptors (Lipinski definition) is 3. The molecule has 140 valence electrons. The molecular weight excluding hydrogens is 362 g/mol. The predicted octanol–water partition coefficient (Wildman–Crippen LogP) is 4.53. The zero-order chi connectivity index (χ0) is 19.3. The fraction of sp³-hybridized carbons (Fsp3) is 0.238. The number of aromatic nitrogens is 2. The Morgan fingerprint density at radius 1 is 1.19 bits per heavy atom. The van der Waals surface area contributed by atoms with Gasteiger partial charge in [-0.15, -0.1) is 0 Å². The van der Waals surface area contributed by atoms with Crippen LogP contribution in [0.3, 0.4) is 0 Å². The maximum absolute atomic E-state index is 12.8. The summed E-state index contributed by atoms with van der Waals surface area (Å²) in [5.41, 5.74) is 0.899. The van der Waals surface area contributed by atoms with Crippen molar-refractivity contribution >= 4 is 23.2 Å². The van der Waals surface area contributed by atoms with E-state index in [9.17, 15) is 4.79 Å². The van der Waals surface area contributed by atoms with Crippen LogP contribution in [0.2, 0.25) is 5.02 Å². The van der Waals surface area contributed by atoms with E-state index in [1.54, 1.807) is 23.0 Å². The highest BCUT2D eigenvalue weighted by Crippen LogP contribution is 2.27. The van der Waals surface area contributed by atoms with Gasteiger partial charge in [-0.05, 0) is 49.7 Å². The van der Waals surface area contributed by atoms with E-state index in [0.29, 0.717) is 29.6 Å². The summed E-state index contributed by atoms with van der Waals surface area (Å²) in [6.07, 6.45) is 3.62. The number of benzene rings is 2. The maximum atomic E-state index is 12.8. The Morgan fingerprint density at radius 3 is 2.67 bits per heavy atom. The molecule has 1 amide bonds. The minimum atomic E-state index is -0.693. The molecule has 0 spiro atoms. The van der Waals surface area contributed by atoms with Crippen LogP contribution in [0.25, 0.3) is 0 Å². The highest BCUT2D eigenvalue weighted by molar-refractivity contribution is 6.30. The number of amides is 1. The summed E-state index contributed by atoms with van der Waals surface area (Å²) in [6, 6.07) is 16.6. The Hall–Kier alpha value is -2.79. The van der Waals surface area contributed by atoms with E-state index in [1.165, 1.54) is 0 Å². The van der Waals surface area contributed by atoms with Gasteiger partial charge >= 0.3 is 0 Å². The molecule has 0 saturated heterocycles. The molecule has 0 aliphatic rings. The van der Waals surface area contributed by atoms with Crippen LogP contribution in [-0.4, -0.2) is 22.3 Å². The van der Waals surface area contributed by atoms with Gasteiger partial charge in [0.2, 0.25) is 5.91 Å². The van der Waals surface area contributed by atoms with Gasteiger partial charge in [-0.25, -0.2) is 0 Å². The second-order valence-electron chi connectivity index (χ2n) is 6.73. The lowest BCUT2D eigenvalue weighted by atomic mass is 9.83. The zero-order valence-corrected chi connectivity index (χ0v) is 16.1. The van der Waals surface area contributed by atoms with Crippen molar-refractivity contribution in [2.24, 2.45) is 0 Å². The minimum absolute atomic E-state index is 0.0986. The van der Waals surface area contributed by atoms with E-state index in [0.717, 1.165) is 5.56 Å². The molecule has 0 radical (unpaired) electrons. The fourth-order valence-electron chi connectivity index (χ4n) is 2.64. The lowest BCUT2D eigenvalue weighted by molar-refractivity contribution is -0.120. The van der Waals surface area contributed by atoms with Gasteiger partial charge in [-0.1, -0.05) is 29.8 Å². The second kappa shape index (κ2) is 8.27. The summed E-state index contributed by atoms with van der Waals surface area (Å²) < 4.78 is 7.56. The molecule has 5 nitrogen and oxygen atoms in total. The van der Waals surface area contributed by atoms with Crippen LogP contribution in [0.5, 0.6) is 5.75 Å². The largest absolute Gasteiger partial charge is 0.492 e. The minimum Gasteiger partial charge on any atom is -0.492 e. The number of anilines is 1. The standard InChI is InChI=1S/C21H22ClN3O2/c1-21(2,16-7-9-17(22)10-8-16)20(26)24-18-5-3-6-19(15-18)27-14-13-25-12-4-11-23-25/h3-12,15H,13-14H2,1-2H3,(H,24,26). The second-order valence-corrected chi connectivity index (χ2v) is 7.17. The van der Waals surface area contributed by atoms with Crippen LogP contribution >= 0.6 is 11.6 Å². The van der Waals surface area contributed by atoms with Gasteiger partial charge in [0, 0.05) is 29.2 Å². The van der Waals surface area contributed by atoms with Crippen LogP contribution < -0.4 is 10.1 Å². The maximum Gasteiger partial charge on any atom is 0.234 e. The van der Waals surface area contributed by atoms with Crippen LogP contribution in [0.1, 0.15) is 19.4 Å². The molecule has 0 aliphatic heterocycles. The first-order chi connectivity index (χ1) is 12.9. The molecular formula is C21H22ClN3O2. The molecule has 3 rings (SSSR count). The molecule has 1 aromatic heterocycles. The van der Waals surface area contributed by atoms with Crippen LogP contribution in [0.4, 0.5) is 5.69 Å². The summed E-state index contributed by atoms with van der Waals surface area (Å²) in [6.45, 7) is 4.93. The zero-order valence-electron chi connectivity index (χ0n) is 15.4. The predicted molar refractivity (Wildman–Crippen MR) is 107 cm³/mol. The highest BCUT2D eigenvalue weighted by Gasteiger charge is 2.29. The van der Waals surface area contributed by atoms with E-state index in [1.807, 2.05) is 62.5 Å². The Labute approximate surface area is 163 Å². The molecule has 1 heterocycles. The summed E-state index contributed by atoms with van der Waals surface area (Å²) in [5.74, 6) is 0.600. The molecule has 2 aromatic carbocycles. The number of ether oxygens (including phenoxy) is 1. The molecule has 0 atom stereocenters. The number of hydrogen-bond donors (Lipinski definition) is 1. The van der Waals surface area contributed by atoms with Gasteiger partial charge < -0.3 is 10.1 Å². The number of nitrogens with one attached hydrogen (secondary N) is 1. The van der Waals surface area contributed by atoms with Crippen molar-refractivity contribution < 1.29 is 9.53 Å². The Kier molecular flexibility index (Phi) is 5.81.